The van der Waals surface area contributed by atoms with Gasteiger partial charge in [-0.3, -0.25) is 14.0 Å². The third-order valence-electron chi connectivity index (χ3n) is 5.43. The normalized spacial score (nSPS) is 24.8. The summed E-state index contributed by atoms with van der Waals surface area (Å²) < 4.78 is 1.69. The summed E-state index contributed by atoms with van der Waals surface area (Å²) in [5.41, 5.74) is 0.714. The first-order chi connectivity index (χ1) is 12.8. The molecule has 1 fully saturated rings. The minimum absolute atomic E-state index is 0. The summed E-state index contributed by atoms with van der Waals surface area (Å²) in [5, 5.41) is 21.7. The van der Waals surface area contributed by atoms with Gasteiger partial charge >= 0.3 is 29.6 Å². The number of Topliss-reactive ketones (excluding diaryl/α,β-unsaturated/α-hetero) is 1. The van der Waals surface area contributed by atoms with Crippen LogP contribution in [0, 0.1) is 11.8 Å². The number of imidazole rings is 1. The number of aromatic nitrogens is 2. The molecule has 1 N–H and O–H groups in total. The molecule has 2 aromatic heterocycles. The predicted molar refractivity (Wildman–Crippen MR) is 94.6 cm³/mol. The minimum atomic E-state index is -1.42. The van der Waals surface area contributed by atoms with Crippen LogP contribution in [0.5, 0.6) is 0 Å². The number of thiazole rings is 1. The fourth-order valence-electron chi connectivity index (χ4n) is 4.17. The quantitative estimate of drug-likeness (QED) is 0.326. The van der Waals surface area contributed by atoms with E-state index >= 15 is 0 Å². The third-order valence-corrected chi connectivity index (χ3v) is 6.57. The number of carboxylic acid groups (broad SMARTS) is 1. The molecule has 2 aromatic rings. The molecule has 1 amide bonds. The Kier molecular flexibility index (Phi) is 5.59. The van der Waals surface area contributed by atoms with E-state index in [0.717, 1.165) is 0 Å². The topological polar surface area (TPSA) is 115 Å². The summed E-state index contributed by atoms with van der Waals surface area (Å²) in [7, 11) is 0. The molecule has 0 aromatic carbocycles. The van der Waals surface area contributed by atoms with E-state index in [0.29, 0.717) is 27.4 Å². The van der Waals surface area contributed by atoms with Crippen LogP contribution in [-0.2, 0) is 9.59 Å². The van der Waals surface area contributed by atoms with Crippen LogP contribution in [0.4, 0.5) is 0 Å². The van der Waals surface area contributed by atoms with Crippen LogP contribution in [0.3, 0.4) is 0 Å². The number of aliphatic hydroxyl groups excluding tert-OH is 1. The van der Waals surface area contributed by atoms with Gasteiger partial charge in [-0.1, -0.05) is 13.8 Å². The first kappa shape index (κ1) is 21.2. The van der Waals surface area contributed by atoms with Crippen molar-refractivity contribution in [1.29, 1.82) is 0 Å². The fourth-order valence-corrected chi connectivity index (χ4v) is 5.40. The minimum Gasteiger partial charge on any atom is -0.543 e. The van der Waals surface area contributed by atoms with Gasteiger partial charge < -0.3 is 19.9 Å². The number of rotatable bonds is 5. The van der Waals surface area contributed by atoms with E-state index in [4.69, 9.17) is 0 Å². The van der Waals surface area contributed by atoms with E-state index in [1.807, 2.05) is 6.92 Å². The number of fused-ring (bicyclic) bond motifs is 2. The second-order valence-corrected chi connectivity index (χ2v) is 8.01. The average molecular weight is 411 g/mol. The maximum atomic E-state index is 12.4. The molecule has 0 spiro atoms. The SMILES string of the molecule is CCC(=O)c1ncn2cc(C3=C(C(=O)[O-])N4C(=O)[C@H]([C@@H](C)O)[C@H]4[C@H]3C)sc12.[Na+]. The molecule has 142 valence electrons. The van der Waals surface area contributed by atoms with Gasteiger partial charge in [0.1, 0.15) is 16.9 Å². The number of aliphatic carboxylic acids is 1. The Balaban J connectivity index is 0.00000225. The van der Waals surface area contributed by atoms with Crippen molar-refractivity contribution in [2.75, 3.05) is 0 Å². The molecule has 10 heteroatoms. The van der Waals surface area contributed by atoms with Crippen molar-refractivity contribution < 1.29 is 54.2 Å². The summed E-state index contributed by atoms with van der Waals surface area (Å²) >= 11 is 1.27. The van der Waals surface area contributed by atoms with Gasteiger partial charge in [0.15, 0.2) is 5.78 Å². The number of carbonyl (C=O) groups excluding carboxylic acids is 3. The van der Waals surface area contributed by atoms with Crippen molar-refractivity contribution in [3.8, 4) is 0 Å². The van der Waals surface area contributed by atoms with E-state index in [2.05, 4.69) is 4.98 Å². The van der Waals surface area contributed by atoms with Crippen molar-refractivity contribution in [2.24, 2.45) is 11.8 Å². The van der Waals surface area contributed by atoms with Crippen LogP contribution in [-0.4, -0.2) is 49.2 Å². The molecule has 2 aliphatic heterocycles. The zero-order chi connectivity index (χ0) is 19.6. The molecule has 28 heavy (non-hydrogen) atoms. The van der Waals surface area contributed by atoms with Gasteiger partial charge in [-0.25, -0.2) is 4.98 Å². The molecule has 2 aliphatic rings. The largest absolute Gasteiger partial charge is 1.00 e. The van der Waals surface area contributed by atoms with Crippen molar-refractivity contribution in [1.82, 2.24) is 14.3 Å². The van der Waals surface area contributed by atoms with E-state index in [-0.39, 0.29) is 47.0 Å². The van der Waals surface area contributed by atoms with Gasteiger partial charge in [0.2, 0.25) is 5.91 Å². The number of hydrogen-bond acceptors (Lipinski definition) is 7. The molecule has 8 nitrogen and oxygen atoms in total. The Morgan fingerprint density at radius 2 is 2.11 bits per heavy atom. The predicted octanol–water partition coefficient (Wildman–Crippen LogP) is -2.69. The summed E-state index contributed by atoms with van der Waals surface area (Å²) in [6.45, 7) is 5.13. The smallest absolute Gasteiger partial charge is 0.543 e. The molecule has 1 saturated heterocycles. The molecule has 4 rings (SSSR count). The van der Waals surface area contributed by atoms with Crippen molar-refractivity contribution in [3.63, 3.8) is 0 Å². The third kappa shape index (κ3) is 2.80. The van der Waals surface area contributed by atoms with E-state index in [9.17, 15) is 24.6 Å². The number of carbonyl (C=O) groups is 3. The van der Waals surface area contributed by atoms with Gasteiger partial charge in [0.05, 0.1) is 34.6 Å². The summed E-state index contributed by atoms with van der Waals surface area (Å²) in [5.74, 6) is -2.82. The summed E-state index contributed by atoms with van der Waals surface area (Å²) in [6.07, 6.45) is 2.71. The Bertz CT molecular complexity index is 1020. The number of hydrogen-bond donors (Lipinski definition) is 1. The number of ketones is 1. The van der Waals surface area contributed by atoms with Crippen LogP contribution >= 0.6 is 11.3 Å². The summed E-state index contributed by atoms with van der Waals surface area (Å²) in [4.78, 5) is 43.0. The zero-order valence-electron chi connectivity index (χ0n) is 16.0. The fraction of sp³-hybridized carbons (Fsp3) is 0.444. The number of nitrogens with zero attached hydrogens (tertiary/aromatic N) is 3. The van der Waals surface area contributed by atoms with Gasteiger partial charge in [0, 0.05) is 24.1 Å². The monoisotopic (exact) mass is 411 g/mol. The standard InChI is InChI=1S/C18H19N3O5S.Na/c1-4-9(23)13-17-20(6-19-13)5-10(27-17)11-7(2)14-12(8(3)22)16(24)21(14)15(11)18(25)26;/h5-8,12,14,22H,4H2,1-3H3,(H,25,26);/q;+1/p-1/t7-,8+,12+,14+;/m0./s1. The number of carboxylic acids is 1. The van der Waals surface area contributed by atoms with Crippen LogP contribution in [0.2, 0.25) is 0 Å². The van der Waals surface area contributed by atoms with E-state index in [1.165, 1.54) is 29.5 Å². The zero-order valence-corrected chi connectivity index (χ0v) is 18.8. The van der Waals surface area contributed by atoms with Crippen molar-refractivity contribution in [2.45, 2.75) is 39.3 Å². The Hall–Kier alpha value is -1.52. The maximum absolute atomic E-state index is 12.4. The van der Waals surface area contributed by atoms with Crippen LogP contribution in [0.1, 0.15) is 42.6 Å². The number of amides is 1. The second-order valence-electron chi connectivity index (χ2n) is 6.98. The van der Waals surface area contributed by atoms with Crippen LogP contribution in [0.25, 0.3) is 10.4 Å². The van der Waals surface area contributed by atoms with Gasteiger partial charge in [-0.05, 0) is 6.92 Å². The molecule has 0 bridgehead atoms. The van der Waals surface area contributed by atoms with Crippen molar-refractivity contribution >= 4 is 39.4 Å². The maximum Gasteiger partial charge on any atom is 1.00 e. The van der Waals surface area contributed by atoms with E-state index in [1.54, 1.807) is 17.5 Å². The summed E-state index contributed by atoms with van der Waals surface area (Å²) in [6, 6.07) is -0.406. The average Bonchev–Trinajstić information content (AvgIpc) is 3.23. The molecule has 0 unspecified atom stereocenters. The molecule has 0 aliphatic carbocycles. The Morgan fingerprint density at radius 3 is 2.68 bits per heavy atom. The van der Waals surface area contributed by atoms with Crippen molar-refractivity contribution in [3.05, 3.63) is 28.8 Å². The molecule has 4 atom stereocenters. The van der Waals surface area contributed by atoms with Gasteiger partial charge in [-0.2, -0.15) is 0 Å². The van der Waals surface area contributed by atoms with Crippen LogP contribution in [0.15, 0.2) is 18.2 Å². The molecule has 0 radical (unpaired) electrons. The Labute approximate surface area is 187 Å². The first-order valence-corrected chi connectivity index (χ1v) is 9.56. The molecule has 0 saturated carbocycles. The molecular weight excluding hydrogens is 393 g/mol. The molecule has 4 heterocycles. The van der Waals surface area contributed by atoms with Gasteiger partial charge in [-0.15, -0.1) is 11.3 Å². The van der Waals surface area contributed by atoms with E-state index < -0.39 is 29.9 Å². The van der Waals surface area contributed by atoms with Gasteiger partial charge in [0.25, 0.3) is 0 Å². The number of β-lactam (4-membered cyclic amide) rings is 1. The Morgan fingerprint density at radius 1 is 1.43 bits per heavy atom. The second kappa shape index (κ2) is 7.38. The first-order valence-electron chi connectivity index (χ1n) is 8.74. The van der Waals surface area contributed by atoms with Crippen LogP contribution < -0.4 is 34.7 Å². The molecular formula is C18H18N3NaO5S. The number of aliphatic hydroxyl groups is 1.